The normalized spacial score (nSPS) is 11.6. The lowest BCUT2D eigenvalue weighted by Gasteiger charge is -2.08. The number of nitrogens with zero attached hydrogens (tertiary/aromatic N) is 1. The molecule has 0 saturated heterocycles. The van der Waals surface area contributed by atoms with Crippen molar-refractivity contribution in [3.63, 3.8) is 0 Å². The quantitative estimate of drug-likeness (QED) is 0.254. The van der Waals surface area contributed by atoms with Gasteiger partial charge in [0.2, 0.25) is 0 Å². The highest BCUT2D eigenvalue weighted by molar-refractivity contribution is 14.0. The van der Waals surface area contributed by atoms with Crippen LogP contribution in [0.15, 0.2) is 51.7 Å². The monoisotopic (exact) mass is 495 g/mol. The minimum absolute atomic E-state index is 0. The lowest BCUT2D eigenvalue weighted by atomic mass is 10.3. The lowest BCUT2D eigenvalue weighted by Crippen LogP contribution is -2.34. The molecule has 2 aromatic rings. The topological polar surface area (TPSA) is 93.8 Å². The third-order valence-electron chi connectivity index (χ3n) is 3.15. The van der Waals surface area contributed by atoms with E-state index in [2.05, 4.69) is 16.4 Å². The second kappa shape index (κ2) is 10.6. The van der Waals surface area contributed by atoms with E-state index in [4.69, 9.17) is 10.5 Å². The number of thiophene rings is 1. The van der Waals surface area contributed by atoms with Crippen LogP contribution >= 0.6 is 35.3 Å². The zero-order valence-electron chi connectivity index (χ0n) is 13.8. The van der Waals surface area contributed by atoms with E-state index in [1.807, 2.05) is 11.4 Å². The summed E-state index contributed by atoms with van der Waals surface area (Å²) in [5, 5.41) is 5.02. The summed E-state index contributed by atoms with van der Waals surface area (Å²) >= 11 is 1.71. The molecule has 3 N–H and O–H groups in total. The SMILES string of the molecule is CS(=O)(=O)c1ccc(OCCNC(N)=NCCc2cccs2)cc1.I. The third kappa shape index (κ3) is 8.06. The van der Waals surface area contributed by atoms with Gasteiger partial charge in [0.25, 0.3) is 0 Å². The molecular formula is C16H22IN3O3S2. The average molecular weight is 495 g/mol. The third-order valence-corrected chi connectivity index (χ3v) is 5.21. The number of hydrogen-bond donors (Lipinski definition) is 2. The zero-order valence-corrected chi connectivity index (χ0v) is 17.8. The fourth-order valence-electron chi connectivity index (χ4n) is 1.93. The van der Waals surface area contributed by atoms with E-state index in [0.717, 1.165) is 6.42 Å². The molecule has 2 rings (SSSR count). The number of nitrogens with two attached hydrogens (primary N) is 1. The van der Waals surface area contributed by atoms with Crippen LogP contribution in [0.25, 0.3) is 0 Å². The van der Waals surface area contributed by atoms with Crippen LogP contribution in [0.1, 0.15) is 4.88 Å². The van der Waals surface area contributed by atoms with Crippen molar-refractivity contribution in [1.29, 1.82) is 0 Å². The van der Waals surface area contributed by atoms with Gasteiger partial charge in [0, 0.05) is 24.1 Å². The Hall–Kier alpha value is -1.33. The zero-order chi connectivity index (χ0) is 17.4. The first-order chi connectivity index (χ1) is 11.4. The Bertz CT molecular complexity index is 760. The van der Waals surface area contributed by atoms with Crippen molar-refractivity contribution < 1.29 is 13.2 Å². The van der Waals surface area contributed by atoms with Gasteiger partial charge in [0.05, 0.1) is 11.4 Å². The number of hydrogen-bond acceptors (Lipinski definition) is 5. The van der Waals surface area contributed by atoms with Crippen LogP contribution in [0.3, 0.4) is 0 Å². The number of rotatable bonds is 8. The van der Waals surface area contributed by atoms with Crippen molar-refractivity contribution in [2.75, 3.05) is 26.0 Å². The summed E-state index contributed by atoms with van der Waals surface area (Å²) in [6.07, 6.45) is 2.05. The number of sulfone groups is 1. The fraction of sp³-hybridized carbons (Fsp3) is 0.312. The largest absolute Gasteiger partial charge is 0.492 e. The van der Waals surface area contributed by atoms with Gasteiger partial charge in [-0.2, -0.15) is 0 Å². The molecule has 0 aliphatic heterocycles. The van der Waals surface area contributed by atoms with Crippen molar-refractivity contribution in [2.24, 2.45) is 10.7 Å². The second-order valence-electron chi connectivity index (χ2n) is 5.12. The number of halogens is 1. The van der Waals surface area contributed by atoms with E-state index in [-0.39, 0.29) is 28.9 Å². The minimum Gasteiger partial charge on any atom is -0.492 e. The predicted octanol–water partition coefficient (Wildman–Crippen LogP) is 2.30. The molecule has 0 radical (unpaired) electrons. The molecule has 0 atom stereocenters. The van der Waals surface area contributed by atoms with Gasteiger partial charge < -0.3 is 15.8 Å². The highest BCUT2D eigenvalue weighted by Gasteiger charge is 2.06. The maximum Gasteiger partial charge on any atom is 0.188 e. The van der Waals surface area contributed by atoms with Crippen LogP contribution in [0, 0.1) is 0 Å². The lowest BCUT2D eigenvalue weighted by molar-refractivity contribution is 0.322. The smallest absolute Gasteiger partial charge is 0.188 e. The minimum atomic E-state index is -3.18. The van der Waals surface area contributed by atoms with Gasteiger partial charge in [-0.1, -0.05) is 6.07 Å². The molecule has 138 valence electrons. The first-order valence-corrected chi connectivity index (χ1v) is 10.2. The molecule has 1 aromatic carbocycles. The van der Waals surface area contributed by atoms with Gasteiger partial charge in [-0.25, -0.2) is 8.42 Å². The summed E-state index contributed by atoms with van der Waals surface area (Å²) in [4.78, 5) is 5.81. The van der Waals surface area contributed by atoms with Crippen molar-refractivity contribution in [2.45, 2.75) is 11.3 Å². The first kappa shape index (κ1) is 21.7. The summed E-state index contributed by atoms with van der Waals surface area (Å²) in [6.45, 7) is 1.56. The molecule has 9 heteroatoms. The Morgan fingerprint density at radius 2 is 2.00 bits per heavy atom. The Balaban J connectivity index is 0.00000312. The number of ether oxygens (including phenoxy) is 1. The Labute approximate surface area is 169 Å². The number of nitrogens with one attached hydrogen (secondary N) is 1. The molecule has 0 spiro atoms. The molecule has 0 bridgehead atoms. The van der Waals surface area contributed by atoms with E-state index in [1.165, 1.54) is 23.3 Å². The molecule has 1 aromatic heterocycles. The average Bonchev–Trinajstić information content (AvgIpc) is 3.04. The van der Waals surface area contributed by atoms with Crippen molar-refractivity contribution in [1.82, 2.24) is 5.32 Å². The maximum absolute atomic E-state index is 11.4. The van der Waals surface area contributed by atoms with Crippen molar-refractivity contribution in [3.8, 4) is 5.75 Å². The fourth-order valence-corrected chi connectivity index (χ4v) is 3.26. The van der Waals surface area contributed by atoms with Gasteiger partial charge in [0.15, 0.2) is 15.8 Å². The van der Waals surface area contributed by atoms with E-state index >= 15 is 0 Å². The van der Waals surface area contributed by atoms with E-state index < -0.39 is 9.84 Å². The Kier molecular flexibility index (Phi) is 9.22. The second-order valence-corrected chi connectivity index (χ2v) is 8.16. The molecule has 0 unspecified atom stereocenters. The highest BCUT2D eigenvalue weighted by atomic mass is 127. The standard InChI is InChI=1S/C16H21N3O3S2.HI/c1-24(20,21)15-6-4-13(5-7-15)22-11-10-19-16(17)18-9-8-14-3-2-12-23-14;/h2-7,12H,8-11H2,1H3,(H3,17,18,19);1H. The molecule has 0 aliphatic carbocycles. The molecule has 0 aliphatic rings. The molecule has 25 heavy (non-hydrogen) atoms. The molecule has 0 saturated carbocycles. The van der Waals surface area contributed by atoms with E-state index in [1.54, 1.807) is 23.5 Å². The van der Waals surface area contributed by atoms with Crippen molar-refractivity contribution in [3.05, 3.63) is 46.7 Å². The van der Waals surface area contributed by atoms with Crippen LogP contribution in [0.4, 0.5) is 0 Å². The molecule has 0 fully saturated rings. The Morgan fingerprint density at radius 1 is 1.28 bits per heavy atom. The van der Waals surface area contributed by atoms with Gasteiger partial charge in [-0.15, -0.1) is 35.3 Å². The van der Waals surface area contributed by atoms with E-state index in [0.29, 0.717) is 31.4 Å². The first-order valence-electron chi connectivity index (χ1n) is 7.44. The summed E-state index contributed by atoms with van der Waals surface area (Å²) in [7, 11) is -3.18. The van der Waals surface area contributed by atoms with Crippen molar-refractivity contribution >= 4 is 51.1 Å². The van der Waals surface area contributed by atoms with Crippen LogP contribution < -0.4 is 15.8 Å². The number of benzene rings is 1. The number of aliphatic imine (C=N–C) groups is 1. The Morgan fingerprint density at radius 3 is 2.60 bits per heavy atom. The van der Waals surface area contributed by atoms with Gasteiger partial charge >= 0.3 is 0 Å². The summed E-state index contributed by atoms with van der Waals surface area (Å²) in [5.74, 6) is 1.000. The van der Waals surface area contributed by atoms with Crippen LogP contribution in [-0.2, 0) is 16.3 Å². The summed E-state index contributed by atoms with van der Waals surface area (Å²) in [6, 6.07) is 10.4. The van der Waals surface area contributed by atoms with Gasteiger partial charge in [0.1, 0.15) is 12.4 Å². The predicted molar refractivity (Wildman–Crippen MR) is 113 cm³/mol. The van der Waals surface area contributed by atoms with Gasteiger partial charge in [-0.05, 0) is 35.7 Å². The van der Waals surface area contributed by atoms with Crippen LogP contribution in [0.5, 0.6) is 5.75 Å². The summed E-state index contributed by atoms with van der Waals surface area (Å²) in [5.41, 5.74) is 5.78. The van der Waals surface area contributed by atoms with Crippen LogP contribution in [0.2, 0.25) is 0 Å². The van der Waals surface area contributed by atoms with E-state index in [9.17, 15) is 8.42 Å². The molecule has 0 amide bonds. The molecular weight excluding hydrogens is 473 g/mol. The number of guanidine groups is 1. The molecule has 1 heterocycles. The highest BCUT2D eigenvalue weighted by Crippen LogP contribution is 2.15. The maximum atomic E-state index is 11.4. The van der Waals surface area contributed by atoms with Crippen LogP contribution in [-0.4, -0.2) is 40.3 Å². The molecule has 6 nitrogen and oxygen atoms in total. The summed E-state index contributed by atoms with van der Waals surface area (Å²) < 4.78 is 28.2. The van der Waals surface area contributed by atoms with Gasteiger partial charge in [-0.3, -0.25) is 4.99 Å².